The molecule has 1 atom stereocenters. The standard InChI is InChI=1S/C20H21N3O4S/c1-26-19-11-15-16(12-20(19)27-2)21-8-7-18(15)23-9-3-4-13-10-14(22-28(24)25)5-6-17(13)23/h5-8,10-12,22H,3-4,9H2,1-2H3,(H,24,25)/p-1. The molecule has 7 nitrogen and oxygen atoms in total. The van der Waals surface area contributed by atoms with E-state index in [4.69, 9.17) is 9.47 Å². The van der Waals surface area contributed by atoms with Gasteiger partial charge >= 0.3 is 0 Å². The summed E-state index contributed by atoms with van der Waals surface area (Å²) in [5.41, 5.74) is 4.59. The van der Waals surface area contributed by atoms with E-state index in [1.54, 1.807) is 26.5 Å². The molecule has 1 aliphatic heterocycles. The lowest BCUT2D eigenvalue weighted by atomic mass is 9.99. The van der Waals surface area contributed by atoms with Crippen LogP contribution in [-0.2, 0) is 17.7 Å². The van der Waals surface area contributed by atoms with Gasteiger partial charge in [-0.2, -0.15) is 0 Å². The number of benzene rings is 2. The second-order valence-electron chi connectivity index (χ2n) is 6.49. The second kappa shape index (κ2) is 7.65. The summed E-state index contributed by atoms with van der Waals surface area (Å²) in [7, 11) is 3.22. The predicted molar refractivity (Wildman–Crippen MR) is 109 cm³/mol. The molecule has 0 saturated heterocycles. The minimum atomic E-state index is -2.34. The molecule has 3 aromatic rings. The van der Waals surface area contributed by atoms with Crippen LogP contribution in [0.1, 0.15) is 12.0 Å². The van der Waals surface area contributed by atoms with Gasteiger partial charge in [-0.1, -0.05) is 0 Å². The number of nitrogens with one attached hydrogen (secondary N) is 1. The van der Waals surface area contributed by atoms with Gasteiger partial charge in [-0.05, 0) is 48.7 Å². The van der Waals surface area contributed by atoms with Gasteiger partial charge in [-0.25, -0.2) is 0 Å². The van der Waals surface area contributed by atoms with E-state index < -0.39 is 11.3 Å². The summed E-state index contributed by atoms with van der Waals surface area (Å²) in [6, 6.07) is 11.4. The molecule has 1 aromatic heterocycles. The summed E-state index contributed by atoms with van der Waals surface area (Å²) in [5.74, 6) is 1.29. The Morgan fingerprint density at radius 1 is 1.11 bits per heavy atom. The van der Waals surface area contributed by atoms with E-state index in [1.807, 2.05) is 30.3 Å². The third kappa shape index (κ3) is 3.36. The van der Waals surface area contributed by atoms with Gasteiger partial charge in [0.1, 0.15) is 0 Å². The molecule has 28 heavy (non-hydrogen) atoms. The summed E-state index contributed by atoms with van der Waals surface area (Å²) < 4.78 is 35.2. The van der Waals surface area contributed by atoms with Crippen LogP contribution >= 0.6 is 0 Å². The van der Waals surface area contributed by atoms with E-state index >= 15 is 0 Å². The number of aryl methyl sites for hydroxylation is 1. The van der Waals surface area contributed by atoms with E-state index in [-0.39, 0.29) is 0 Å². The summed E-state index contributed by atoms with van der Waals surface area (Å²) in [6.45, 7) is 0.862. The fourth-order valence-electron chi connectivity index (χ4n) is 3.70. The van der Waals surface area contributed by atoms with Crippen LogP contribution in [0.5, 0.6) is 11.5 Å². The van der Waals surface area contributed by atoms with Crippen molar-refractivity contribution in [1.29, 1.82) is 0 Å². The number of methoxy groups -OCH3 is 2. The van der Waals surface area contributed by atoms with Crippen molar-refractivity contribution in [2.45, 2.75) is 12.8 Å². The van der Waals surface area contributed by atoms with E-state index in [1.165, 1.54) is 0 Å². The number of aromatic nitrogens is 1. The zero-order chi connectivity index (χ0) is 19.7. The first-order valence-electron chi connectivity index (χ1n) is 8.88. The number of fused-ring (bicyclic) bond motifs is 2. The molecule has 4 rings (SSSR count). The van der Waals surface area contributed by atoms with Crippen LogP contribution in [0.15, 0.2) is 42.6 Å². The van der Waals surface area contributed by atoms with Crippen molar-refractivity contribution in [3.8, 4) is 11.5 Å². The Morgan fingerprint density at radius 3 is 2.64 bits per heavy atom. The lowest BCUT2D eigenvalue weighted by Crippen LogP contribution is -2.25. The van der Waals surface area contributed by atoms with Crippen molar-refractivity contribution in [3.63, 3.8) is 0 Å². The van der Waals surface area contributed by atoms with E-state index in [0.29, 0.717) is 17.2 Å². The van der Waals surface area contributed by atoms with Crippen molar-refractivity contribution in [3.05, 3.63) is 48.2 Å². The molecule has 0 radical (unpaired) electrons. The van der Waals surface area contributed by atoms with Gasteiger partial charge < -0.3 is 23.6 Å². The molecular weight excluding hydrogens is 378 g/mol. The van der Waals surface area contributed by atoms with Crippen molar-refractivity contribution in [2.75, 3.05) is 30.4 Å². The van der Waals surface area contributed by atoms with Gasteiger partial charge in [-0.15, -0.1) is 0 Å². The van der Waals surface area contributed by atoms with Crippen LogP contribution in [-0.4, -0.2) is 34.5 Å². The van der Waals surface area contributed by atoms with Gasteiger partial charge in [0.05, 0.1) is 25.4 Å². The van der Waals surface area contributed by atoms with Crippen LogP contribution in [0, 0.1) is 0 Å². The van der Waals surface area contributed by atoms with Crippen LogP contribution in [0.4, 0.5) is 17.1 Å². The Bertz CT molecular complexity index is 1060. The fourth-order valence-corrected chi connectivity index (χ4v) is 4.02. The van der Waals surface area contributed by atoms with Crippen molar-refractivity contribution < 1.29 is 18.2 Å². The highest BCUT2D eigenvalue weighted by Gasteiger charge is 2.21. The quantitative estimate of drug-likeness (QED) is 0.662. The predicted octanol–water partition coefficient (Wildman–Crippen LogP) is 3.54. The molecule has 0 amide bonds. The normalized spacial score (nSPS) is 14.5. The Morgan fingerprint density at radius 2 is 1.89 bits per heavy atom. The molecule has 0 fully saturated rings. The first-order chi connectivity index (χ1) is 13.6. The number of anilines is 3. The minimum Gasteiger partial charge on any atom is -0.755 e. The summed E-state index contributed by atoms with van der Waals surface area (Å²) in [4.78, 5) is 6.73. The molecule has 1 aliphatic rings. The van der Waals surface area contributed by atoms with Crippen LogP contribution in [0.2, 0.25) is 0 Å². The molecular formula is C20H20N3O4S-. The smallest absolute Gasteiger partial charge is 0.162 e. The maximum atomic E-state index is 10.9. The molecule has 0 aliphatic carbocycles. The monoisotopic (exact) mass is 398 g/mol. The van der Waals surface area contributed by atoms with Crippen LogP contribution < -0.4 is 19.1 Å². The SMILES string of the molecule is COc1cc2nccc(N3CCCc4cc(NS(=O)[O-])ccc43)c2cc1OC. The zero-order valence-corrected chi connectivity index (χ0v) is 16.4. The maximum Gasteiger partial charge on any atom is 0.162 e. The van der Waals surface area contributed by atoms with Crippen molar-refractivity contribution in [1.82, 2.24) is 4.98 Å². The molecule has 1 N–H and O–H groups in total. The highest BCUT2D eigenvalue weighted by molar-refractivity contribution is 7.80. The first kappa shape index (κ1) is 18.5. The Labute approximate surface area is 165 Å². The van der Waals surface area contributed by atoms with Gasteiger partial charge in [-0.3, -0.25) is 9.19 Å². The lowest BCUT2D eigenvalue weighted by molar-refractivity contribution is 0.356. The maximum absolute atomic E-state index is 10.9. The van der Waals surface area contributed by atoms with Crippen LogP contribution in [0.3, 0.4) is 0 Å². The molecule has 2 aromatic carbocycles. The van der Waals surface area contributed by atoms with Gasteiger partial charge in [0, 0.05) is 46.8 Å². The summed E-state index contributed by atoms with van der Waals surface area (Å²) >= 11 is -2.34. The van der Waals surface area contributed by atoms with Crippen molar-refractivity contribution >= 4 is 39.2 Å². The minimum absolute atomic E-state index is 0.569. The van der Waals surface area contributed by atoms with E-state index in [0.717, 1.165) is 47.2 Å². The number of rotatable bonds is 5. The molecule has 2 heterocycles. The Balaban J connectivity index is 1.82. The molecule has 0 saturated carbocycles. The van der Waals surface area contributed by atoms with E-state index in [2.05, 4.69) is 14.6 Å². The van der Waals surface area contributed by atoms with Gasteiger partial charge in [0.15, 0.2) is 11.5 Å². The Kier molecular flexibility index (Phi) is 5.06. The molecule has 0 spiro atoms. The van der Waals surface area contributed by atoms with E-state index in [9.17, 15) is 8.76 Å². The summed E-state index contributed by atoms with van der Waals surface area (Å²) in [5, 5.41) is 0.968. The average molecular weight is 398 g/mol. The Hall–Kier alpha value is -2.84. The number of hydrogen-bond acceptors (Lipinski definition) is 6. The topological polar surface area (TPSA) is 86.8 Å². The van der Waals surface area contributed by atoms with Crippen LogP contribution in [0.25, 0.3) is 10.9 Å². The fraction of sp³-hybridized carbons (Fsp3) is 0.250. The molecule has 146 valence electrons. The van der Waals surface area contributed by atoms with Gasteiger partial charge in [0.2, 0.25) is 0 Å². The largest absolute Gasteiger partial charge is 0.755 e. The number of hydrogen-bond donors (Lipinski definition) is 1. The highest BCUT2D eigenvalue weighted by Crippen LogP contribution is 2.40. The first-order valence-corrected chi connectivity index (χ1v) is 9.95. The molecule has 8 heteroatoms. The third-order valence-electron chi connectivity index (χ3n) is 4.91. The average Bonchev–Trinajstić information content (AvgIpc) is 2.71. The highest BCUT2D eigenvalue weighted by atomic mass is 32.2. The number of pyridine rings is 1. The second-order valence-corrected chi connectivity index (χ2v) is 7.16. The lowest BCUT2D eigenvalue weighted by Gasteiger charge is -2.32. The zero-order valence-electron chi connectivity index (χ0n) is 15.6. The third-order valence-corrected chi connectivity index (χ3v) is 5.32. The number of ether oxygens (including phenoxy) is 2. The number of nitrogens with zero attached hydrogens (tertiary/aromatic N) is 2. The molecule has 1 unspecified atom stereocenters. The molecule has 0 bridgehead atoms. The van der Waals surface area contributed by atoms with Crippen molar-refractivity contribution in [2.24, 2.45) is 0 Å². The summed E-state index contributed by atoms with van der Waals surface area (Å²) in [6.07, 6.45) is 3.65. The van der Waals surface area contributed by atoms with Gasteiger partial charge in [0.25, 0.3) is 0 Å².